The van der Waals surface area contributed by atoms with E-state index in [1.54, 1.807) is 6.07 Å². The Morgan fingerprint density at radius 2 is 1.95 bits per heavy atom. The van der Waals surface area contributed by atoms with Gasteiger partial charge in [0, 0.05) is 49.5 Å². The number of nitrogens with zero attached hydrogens (tertiary/aromatic N) is 5. The normalized spacial score (nSPS) is 21.6. The number of hydroxylamine groups is 1. The molecular formula is C29H32F2N6O3. The number of carbonyl (C=O) groups excluding carboxylic acids is 1. The molecule has 4 heterocycles. The number of hydrogen-bond acceptors (Lipinski definition) is 8. The van der Waals surface area contributed by atoms with Crippen LogP contribution in [0.4, 0.5) is 14.6 Å². The summed E-state index contributed by atoms with van der Waals surface area (Å²) in [6.07, 6.45) is 4.79. The summed E-state index contributed by atoms with van der Waals surface area (Å²) in [6.45, 7) is 4.09. The van der Waals surface area contributed by atoms with Gasteiger partial charge in [-0.25, -0.2) is 23.7 Å². The second-order valence-corrected chi connectivity index (χ2v) is 10.7. The number of aromatic nitrogens is 2. The van der Waals surface area contributed by atoms with Crippen LogP contribution >= 0.6 is 0 Å². The van der Waals surface area contributed by atoms with Gasteiger partial charge in [-0.2, -0.15) is 0 Å². The van der Waals surface area contributed by atoms with Crippen molar-refractivity contribution in [3.8, 4) is 11.1 Å². The highest BCUT2D eigenvalue weighted by Gasteiger charge is 2.32. The summed E-state index contributed by atoms with van der Waals surface area (Å²) in [7, 11) is 0. The number of hydrogen-bond donors (Lipinski definition) is 2. The Hall–Kier alpha value is -3.70. The molecule has 2 N–H and O–H groups in total. The summed E-state index contributed by atoms with van der Waals surface area (Å²) in [5, 5.41) is 10.3. The van der Waals surface area contributed by atoms with E-state index in [4.69, 9.17) is 4.84 Å². The monoisotopic (exact) mass is 550 g/mol. The average molecular weight is 551 g/mol. The zero-order valence-electron chi connectivity index (χ0n) is 22.3. The lowest BCUT2D eigenvalue weighted by Gasteiger charge is -2.34. The lowest BCUT2D eigenvalue weighted by molar-refractivity contribution is 0.0760. The van der Waals surface area contributed by atoms with Crippen molar-refractivity contribution in [1.82, 2.24) is 20.3 Å². The van der Waals surface area contributed by atoms with Crippen molar-refractivity contribution in [3.05, 3.63) is 53.9 Å². The smallest absolute Gasteiger partial charge is 0.256 e. The zero-order valence-corrected chi connectivity index (χ0v) is 22.3. The van der Waals surface area contributed by atoms with Crippen LogP contribution in [0.5, 0.6) is 0 Å². The van der Waals surface area contributed by atoms with Crippen molar-refractivity contribution >= 4 is 28.5 Å². The molecule has 9 nitrogen and oxygen atoms in total. The molecule has 1 aromatic heterocycles. The Balaban J connectivity index is 1.25. The molecule has 3 aliphatic rings. The molecule has 0 bridgehead atoms. The van der Waals surface area contributed by atoms with Crippen LogP contribution in [0.25, 0.3) is 22.0 Å². The quantitative estimate of drug-likeness (QED) is 0.477. The van der Waals surface area contributed by atoms with E-state index in [0.29, 0.717) is 46.7 Å². The van der Waals surface area contributed by atoms with Gasteiger partial charge in [-0.3, -0.25) is 4.79 Å². The fourth-order valence-corrected chi connectivity index (χ4v) is 5.84. The molecule has 2 fully saturated rings. The minimum absolute atomic E-state index is 0.0600. The van der Waals surface area contributed by atoms with Crippen LogP contribution in [-0.2, 0) is 4.84 Å². The molecule has 11 heteroatoms. The minimum Gasteiger partial charge on any atom is -0.391 e. The molecule has 0 aliphatic carbocycles. The summed E-state index contributed by atoms with van der Waals surface area (Å²) < 4.78 is 30.1. The number of fused-ring (bicyclic) bond motifs is 1. The molecule has 3 aliphatic heterocycles. The van der Waals surface area contributed by atoms with Crippen LogP contribution in [0.1, 0.15) is 49.4 Å². The van der Waals surface area contributed by atoms with Crippen molar-refractivity contribution < 1.29 is 23.5 Å². The van der Waals surface area contributed by atoms with E-state index in [2.05, 4.69) is 32.3 Å². The van der Waals surface area contributed by atoms with E-state index in [0.717, 1.165) is 44.7 Å². The predicted molar refractivity (Wildman–Crippen MR) is 147 cm³/mol. The van der Waals surface area contributed by atoms with Gasteiger partial charge in [0.25, 0.3) is 5.91 Å². The highest BCUT2D eigenvalue weighted by Crippen LogP contribution is 2.35. The molecule has 3 aromatic rings. The van der Waals surface area contributed by atoms with Crippen molar-refractivity contribution in [2.45, 2.75) is 51.3 Å². The Bertz CT molecular complexity index is 1460. The van der Waals surface area contributed by atoms with Gasteiger partial charge in [-0.05, 0) is 55.5 Å². The Kier molecular flexibility index (Phi) is 7.33. The maximum absolute atomic E-state index is 15.2. The highest BCUT2D eigenvalue weighted by molar-refractivity contribution is 6.00. The Morgan fingerprint density at radius 1 is 1.12 bits per heavy atom. The lowest BCUT2D eigenvalue weighted by Crippen LogP contribution is -2.41. The highest BCUT2D eigenvalue weighted by atomic mass is 19.1. The number of rotatable bonds is 6. The van der Waals surface area contributed by atoms with Gasteiger partial charge in [-0.15, -0.1) is 5.48 Å². The SMILES string of the molecule is CCCC1=NC(C2CCN(c3ncnc4c(-c5ccc(C(=O)N6CC[C@@H](O)C6)c(F)c5)cc(F)cc34)CC2)NO1. The van der Waals surface area contributed by atoms with Gasteiger partial charge in [0.1, 0.15) is 29.9 Å². The first-order chi connectivity index (χ1) is 19.4. The van der Waals surface area contributed by atoms with E-state index in [-0.39, 0.29) is 18.3 Å². The second-order valence-electron chi connectivity index (χ2n) is 10.7. The first-order valence-corrected chi connectivity index (χ1v) is 13.9. The van der Waals surface area contributed by atoms with Gasteiger partial charge in [-0.1, -0.05) is 13.0 Å². The molecule has 1 unspecified atom stereocenters. The van der Waals surface area contributed by atoms with E-state index in [9.17, 15) is 14.3 Å². The Labute approximate surface area is 230 Å². The molecule has 0 saturated carbocycles. The van der Waals surface area contributed by atoms with E-state index >= 15 is 4.39 Å². The molecule has 6 rings (SSSR count). The summed E-state index contributed by atoms with van der Waals surface area (Å²) in [5.41, 5.74) is 4.32. The summed E-state index contributed by atoms with van der Waals surface area (Å²) >= 11 is 0. The van der Waals surface area contributed by atoms with Crippen LogP contribution in [0, 0.1) is 17.6 Å². The number of aliphatic hydroxyl groups is 1. The number of piperidine rings is 1. The molecular weight excluding hydrogens is 518 g/mol. The number of nitrogens with one attached hydrogen (secondary N) is 1. The second kappa shape index (κ2) is 11.1. The van der Waals surface area contributed by atoms with Gasteiger partial charge in [0.15, 0.2) is 0 Å². The summed E-state index contributed by atoms with van der Waals surface area (Å²) in [4.78, 5) is 35.5. The van der Waals surface area contributed by atoms with Gasteiger partial charge < -0.3 is 19.7 Å². The maximum Gasteiger partial charge on any atom is 0.256 e. The molecule has 1 amide bonds. The molecule has 2 atom stereocenters. The topological polar surface area (TPSA) is 103 Å². The summed E-state index contributed by atoms with van der Waals surface area (Å²) in [6, 6.07) is 7.01. The number of carbonyl (C=O) groups is 1. The zero-order chi connectivity index (χ0) is 27.8. The van der Waals surface area contributed by atoms with Gasteiger partial charge in [0.2, 0.25) is 5.90 Å². The molecule has 2 saturated heterocycles. The fourth-order valence-electron chi connectivity index (χ4n) is 5.84. The standard InChI is InChI=1S/C29H32F2N6O3/c1-2-3-25-34-27(35-40-25)17-6-9-36(10-7-17)28-23-14-19(30)13-22(26(23)32-16-33-28)18-4-5-21(24(31)12-18)29(39)37-11-8-20(38)15-37/h4-5,12-14,16-17,20,27,35,38H,2-3,6-11,15H2,1H3/t20-,27?/m1/s1. The molecule has 40 heavy (non-hydrogen) atoms. The largest absolute Gasteiger partial charge is 0.391 e. The predicted octanol–water partition coefficient (Wildman–Crippen LogP) is 4.06. The minimum atomic E-state index is -0.702. The van der Waals surface area contributed by atoms with Crippen LogP contribution in [0.2, 0.25) is 0 Å². The number of aliphatic imine (C=N–C) groups is 1. The molecule has 210 valence electrons. The number of likely N-dealkylation sites (tertiary alicyclic amines) is 1. The first kappa shape index (κ1) is 26.5. The number of benzene rings is 2. The molecule has 0 radical (unpaired) electrons. The average Bonchev–Trinajstić information content (AvgIpc) is 3.61. The molecule has 0 spiro atoms. The fraction of sp³-hybridized carbons (Fsp3) is 0.448. The lowest BCUT2D eigenvalue weighted by atomic mass is 9.93. The van der Waals surface area contributed by atoms with Crippen LogP contribution in [-0.4, -0.2) is 70.2 Å². The number of aliphatic hydroxyl groups excluding tert-OH is 1. The third-order valence-electron chi connectivity index (χ3n) is 7.97. The summed E-state index contributed by atoms with van der Waals surface area (Å²) in [5.74, 6) is 0.0544. The third-order valence-corrected chi connectivity index (χ3v) is 7.97. The number of amides is 1. The third kappa shape index (κ3) is 5.11. The van der Waals surface area contributed by atoms with Crippen molar-refractivity contribution in [3.63, 3.8) is 0 Å². The first-order valence-electron chi connectivity index (χ1n) is 13.9. The van der Waals surface area contributed by atoms with Crippen LogP contribution in [0.15, 0.2) is 41.7 Å². The van der Waals surface area contributed by atoms with E-state index in [1.807, 2.05) is 0 Å². The maximum atomic E-state index is 15.2. The number of β-amino-alcohol motifs (C(OH)–C–C–N with tert-alkyl or cyclic N) is 1. The van der Waals surface area contributed by atoms with Crippen molar-refractivity contribution in [2.75, 3.05) is 31.1 Å². The van der Waals surface area contributed by atoms with Gasteiger partial charge in [0.05, 0.1) is 17.2 Å². The Morgan fingerprint density at radius 3 is 2.67 bits per heavy atom. The van der Waals surface area contributed by atoms with Gasteiger partial charge >= 0.3 is 0 Å². The molecule has 2 aromatic carbocycles. The number of anilines is 1. The number of halogens is 2. The van der Waals surface area contributed by atoms with Crippen molar-refractivity contribution in [1.29, 1.82) is 0 Å². The van der Waals surface area contributed by atoms with Crippen LogP contribution in [0.3, 0.4) is 0 Å². The van der Waals surface area contributed by atoms with E-state index < -0.39 is 23.6 Å². The van der Waals surface area contributed by atoms with Crippen LogP contribution < -0.4 is 10.4 Å². The van der Waals surface area contributed by atoms with Crippen molar-refractivity contribution in [2.24, 2.45) is 10.9 Å². The van der Waals surface area contributed by atoms with E-state index in [1.165, 1.54) is 35.5 Å².